The highest BCUT2D eigenvalue weighted by molar-refractivity contribution is 5.57. The molecule has 0 bridgehead atoms. The number of rotatable bonds is 3. The first-order valence-corrected chi connectivity index (χ1v) is 5.86. The summed E-state index contributed by atoms with van der Waals surface area (Å²) in [5, 5.41) is 12.4. The van der Waals surface area contributed by atoms with Crippen molar-refractivity contribution in [3.05, 3.63) is 54.7 Å². The van der Waals surface area contributed by atoms with Crippen molar-refractivity contribution in [2.75, 3.05) is 7.11 Å². The lowest BCUT2D eigenvalue weighted by molar-refractivity contribution is 0.392. The topological polar surface area (TPSA) is 52.8 Å². The minimum atomic E-state index is 0.495. The first kappa shape index (κ1) is 11.4. The van der Waals surface area contributed by atoms with E-state index in [1.165, 1.54) is 0 Å². The maximum atomic E-state index is 5.01. The highest BCUT2D eigenvalue weighted by Crippen LogP contribution is 2.20. The second-order valence-electron chi connectivity index (χ2n) is 3.92. The Morgan fingerprint density at radius 2 is 1.79 bits per heavy atom. The zero-order valence-corrected chi connectivity index (χ0v) is 10.4. The SMILES string of the molecule is COc1ccc(-c2ccnn2-c2ccccc2)nn1. The Hall–Kier alpha value is -2.69. The van der Waals surface area contributed by atoms with Crippen molar-refractivity contribution in [2.45, 2.75) is 0 Å². The van der Waals surface area contributed by atoms with Crippen molar-refractivity contribution in [2.24, 2.45) is 0 Å². The van der Waals surface area contributed by atoms with Gasteiger partial charge < -0.3 is 4.74 Å². The molecule has 0 unspecified atom stereocenters. The molecule has 0 aliphatic heterocycles. The molecule has 5 heteroatoms. The summed E-state index contributed by atoms with van der Waals surface area (Å²) in [4.78, 5) is 0. The summed E-state index contributed by atoms with van der Waals surface area (Å²) in [5.74, 6) is 0.495. The number of benzene rings is 1. The van der Waals surface area contributed by atoms with E-state index < -0.39 is 0 Å². The number of hydrogen-bond acceptors (Lipinski definition) is 4. The Balaban J connectivity index is 2.04. The first-order chi connectivity index (χ1) is 9.38. The van der Waals surface area contributed by atoms with Crippen LogP contribution in [0.15, 0.2) is 54.7 Å². The monoisotopic (exact) mass is 252 g/mol. The van der Waals surface area contributed by atoms with Gasteiger partial charge in [-0.1, -0.05) is 18.2 Å². The molecule has 1 aromatic carbocycles. The molecular weight excluding hydrogens is 240 g/mol. The lowest BCUT2D eigenvalue weighted by Gasteiger charge is -2.06. The number of nitrogens with zero attached hydrogens (tertiary/aromatic N) is 4. The van der Waals surface area contributed by atoms with Crippen LogP contribution in [-0.2, 0) is 0 Å². The molecule has 0 amide bonds. The average Bonchev–Trinajstić information content (AvgIpc) is 2.98. The molecule has 5 nitrogen and oxygen atoms in total. The summed E-state index contributed by atoms with van der Waals surface area (Å²) in [5.41, 5.74) is 2.63. The standard InChI is InChI=1S/C14H12N4O/c1-19-14-8-7-12(16-17-14)13-9-10-15-18(13)11-5-3-2-4-6-11/h2-10H,1H3. The molecule has 2 heterocycles. The van der Waals surface area contributed by atoms with E-state index in [9.17, 15) is 0 Å². The molecule has 3 rings (SSSR count). The fourth-order valence-corrected chi connectivity index (χ4v) is 1.84. The van der Waals surface area contributed by atoms with Gasteiger partial charge in [-0.05, 0) is 24.3 Å². The second kappa shape index (κ2) is 4.89. The van der Waals surface area contributed by atoms with Gasteiger partial charge in [0.25, 0.3) is 0 Å². The predicted molar refractivity (Wildman–Crippen MR) is 71.1 cm³/mol. The molecule has 19 heavy (non-hydrogen) atoms. The summed E-state index contributed by atoms with van der Waals surface area (Å²) in [6.45, 7) is 0. The lowest BCUT2D eigenvalue weighted by Crippen LogP contribution is -2.00. The smallest absolute Gasteiger partial charge is 0.233 e. The summed E-state index contributed by atoms with van der Waals surface area (Å²) < 4.78 is 6.84. The van der Waals surface area contributed by atoms with Gasteiger partial charge in [-0.3, -0.25) is 0 Å². The van der Waals surface area contributed by atoms with E-state index in [-0.39, 0.29) is 0 Å². The number of hydrogen-bond donors (Lipinski definition) is 0. The lowest BCUT2D eigenvalue weighted by atomic mass is 10.2. The molecule has 0 atom stereocenters. The van der Waals surface area contributed by atoms with Crippen LogP contribution >= 0.6 is 0 Å². The number of aromatic nitrogens is 4. The highest BCUT2D eigenvalue weighted by atomic mass is 16.5. The van der Waals surface area contributed by atoms with Crippen molar-refractivity contribution in [3.63, 3.8) is 0 Å². The third kappa shape index (κ3) is 2.18. The summed E-state index contributed by atoms with van der Waals surface area (Å²) in [6, 6.07) is 15.5. The van der Waals surface area contributed by atoms with E-state index in [2.05, 4.69) is 15.3 Å². The first-order valence-electron chi connectivity index (χ1n) is 5.86. The van der Waals surface area contributed by atoms with Gasteiger partial charge in [-0.25, -0.2) is 4.68 Å². The van der Waals surface area contributed by atoms with Crippen LogP contribution in [0.3, 0.4) is 0 Å². The number of para-hydroxylation sites is 1. The van der Waals surface area contributed by atoms with E-state index in [1.54, 1.807) is 19.4 Å². The van der Waals surface area contributed by atoms with Gasteiger partial charge in [0.2, 0.25) is 5.88 Å². The quantitative estimate of drug-likeness (QED) is 0.718. The minimum absolute atomic E-state index is 0.495. The fraction of sp³-hybridized carbons (Fsp3) is 0.0714. The Morgan fingerprint density at radius 1 is 0.947 bits per heavy atom. The Morgan fingerprint density at radius 3 is 2.47 bits per heavy atom. The Labute approximate surface area is 110 Å². The average molecular weight is 252 g/mol. The second-order valence-corrected chi connectivity index (χ2v) is 3.92. The van der Waals surface area contributed by atoms with Crippen LogP contribution in [0, 0.1) is 0 Å². The molecule has 0 saturated carbocycles. The zero-order valence-electron chi connectivity index (χ0n) is 10.4. The van der Waals surface area contributed by atoms with Crippen molar-refractivity contribution in [1.82, 2.24) is 20.0 Å². The molecule has 0 fully saturated rings. The fourth-order valence-electron chi connectivity index (χ4n) is 1.84. The van der Waals surface area contributed by atoms with Crippen LogP contribution in [0.4, 0.5) is 0 Å². The van der Waals surface area contributed by atoms with Crippen LogP contribution in [-0.4, -0.2) is 27.1 Å². The van der Waals surface area contributed by atoms with Crippen LogP contribution < -0.4 is 4.74 Å². The van der Waals surface area contributed by atoms with Gasteiger partial charge in [-0.2, -0.15) is 5.10 Å². The summed E-state index contributed by atoms with van der Waals surface area (Å²) in [7, 11) is 1.57. The molecule has 0 radical (unpaired) electrons. The van der Waals surface area contributed by atoms with Crippen molar-refractivity contribution in [1.29, 1.82) is 0 Å². The van der Waals surface area contributed by atoms with Gasteiger partial charge in [-0.15, -0.1) is 10.2 Å². The van der Waals surface area contributed by atoms with Crippen molar-refractivity contribution < 1.29 is 4.74 Å². The van der Waals surface area contributed by atoms with Gasteiger partial charge in [0.15, 0.2) is 0 Å². The van der Waals surface area contributed by atoms with Crippen LogP contribution in [0.5, 0.6) is 5.88 Å². The molecule has 94 valence electrons. The van der Waals surface area contributed by atoms with Crippen LogP contribution in [0.2, 0.25) is 0 Å². The molecule has 2 aromatic heterocycles. The maximum absolute atomic E-state index is 5.01. The third-order valence-electron chi connectivity index (χ3n) is 2.76. The summed E-state index contributed by atoms with van der Waals surface area (Å²) >= 11 is 0. The Bertz CT molecular complexity index is 661. The van der Waals surface area contributed by atoms with Gasteiger partial charge >= 0.3 is 0 Å². The molecule has 3 aromatic rings. The van der Waals surface area contributed by atoms with Crippen molar-refractivity contribution >= 4 is 0 Å². The molecular formula is C14H12N4O. The van der Waals surface area contributed by atoms with E-state index in [0.717, 1.165) is 17.1 Å². The van der Waals surface area contributed by atoms with Crippen LogP contribution in [0.1, 0.15) is 0 Å². The minimum Gasteiger partial charge on any atom is -0.480 e. The molecule has 0 spiro atoms. The van der Waals surface area contributed by atoms with E-state index in [4.69, 9.17) is 4.74 Å². The Kier molecular flexibility index (Phi) is 2.94. The molecule has 0 N–H and O–H groups in total. The van der Waals surface area contributed by atoms with E-state index in [0.29, 0.717) is 5.88 Å². The van der Waals surface area contributed by atoms with Gasteiger partial charge in [0.05, 0.1) is 24.7 Å². The summed E-state index contributed by atoms with van der Waals surface area (Å²) in [6.07, 6.45) is 1.74. The predicted octanol–water partition coefficient (Wildman–Crippen LogP) is 2.34. The van der Waals surface area contributed by atoms with Crippen LogP contribution in [0.25, 0.3) is 17.1 Å². The zero-order chi connectivity index (χ0) is 13.1. The number of ether oxygens (including phenoxy) is 1. The van der Waals surface area contributed by atoms with E-state index in [1.807, 2.05) is 47.1 Å². The van der Waals surface area contributed by atoms with Gasteiger partial charge in [0, 0.05) is 6.07 Å². The van der Waals surface area contributed by atoms with Gasteiger partial charge in [0.1, 0.15) is 5.69 Å². The molecule has 0 aliphatic rings. The largest absolute Gasteiger partial charge is 0.480 e. The maximum Gasteiger partial charge on any atom is 0.233 e. The third-order valence-corrected chi connectivity index (χ3v) is 2.76. The highest BCUT2D eigenvalue weighted by Gasteiger charge is 2.09. The number of methoxy groups -OCH3 is 1. The molecule has 0 aliphatic carbocycles. The molecule has 0 saturated heterocycles. The normalized spacial score (nSPS) is 10.4. The van der Waals surface area contributed by atoms with Crippen molar-refractivity contribution in [3.8, 4) is 23.0 Å². The van der Waals surface area contributed by atoms with E-state index >= 15 is 0 Å².